The molecule has 0 spiro atoms. The number of amides is 1. The largest absolute Gasteiger partial charge is 0.497 e. The summed E-state index contributed by atoms with van der Waals surface area (Å²) >= 11 is 9.29. The minimum atomic E-state index is -0.714. The van der Waals surface area contributed by atoms with Gasteiger partial charge in [0.2, 0.25) is 0 Å². The highest BCUT2D eigenvalue weighted by Crippen LogP contribution is 2.21. The summed E-state index contributed by atoms with van der Waals surface area (Å²) in [5.74, 6) is 0.846. The van der Waals surface area contributed by atoms with Crippen molar-refractivity contribution in [2.24, 2.45) is 5.10 Å². The predicted molar refractivity (Wildman–Crippen MR) is 98.0 cm³/mol. The molecule has 7 heteroatoms. The van der Waals surface area contributed by atoms with Gasteiger partial charge in [-0.3, -0.25) is 4.79 Å². The molecule has 0 fully saturated rings. The van der Waals surface area contributed by atoms with Crippen molar-refractivity contribution < 1.29 is 14.3 Å². The maximum Gasteiger partial charge on any atom is 0.280 e. The normalized spacial score (nSPS) is 12.0. The molecule has 0 aliphatic rings. The van der Waals surface area contributed by atoms with E-state index in [1.54, 1.807) is 44.4 Å². The lowest BCUT2D eigenvalue weighted by molar-refractivity contribution is -0.127. The van der Waals surface area contributed by atoms with E-state index in [9.17, 15) is 4.79 Å². The first-order valence-electron chi connectivity index (χ1n) is 7.08. The highest BCUT2D eigenvalue weighted by Gasteiger charge is 2.14. The Balaban J connectivity index is 1.94. The van der Waals surface area contributed by atoms with E-state index in [0.717, 1.165) is 10.0 Å². The first-order chi connectivity index (χ1) is 11.5. The maximum atomic E-state index is 12.0. The Hall–Kier alpha value is -2.05. The lowest BCUT2D eigenvalue weighted by atomic mass is 10.2. The van der Waals surface area contributed by atoms with Crippen LogP contribution in [0.4, 0.5) is 0 Å². The van der Waals surface area contributed by atoms with Crippen molar-refractivity contribution in [3.63, 3.8) is 0 Å². The Morgan fingerprint density at radius 3 is 2.79 bits per heavy atom. The van der Waals surface area contributed by atoms with Crippen molar-refractivity contribution in [2.75, 3.05) is 7.11 Å². The molecular weight excluding hydrogens is 396 g/mol. The molecule has 5 nitrogen and oxygen atoms in total. The molecule has 0 heterocycles. The lowest BCUT2D eigenvalue weighted by Gasteiger charge is -2.13. The van der Waals surface area contributed by atoms with Gasteiger partial charge in [0.1, 0.15) is 11.5 Å². The second-order valence-electron chi connectivity index (χ2n) is 4.84. The van der Waals surface area contributed by atoms with Gasteiger partial charge in [-0.15, -0.1) is 0 Å². The first-order valence-corrected chi connectivity index (χ1v) is 8.25. The van der Waals surface area contributed by atoms with Crippen LogP contribution in [0.15, 0.2) is 52.0 Å². The lowest BCUT2D eigenvalue weighted by Crippen LogP contribution is -2.33. The molecule has 1 amide bonds. The average Bonchev–Trinajstić information content (AvgIpc) is 2.56. The topological polar surface area (TPSA) is 59.9 Å². The summed E-state index contributed by atoms with van der Waals surface area (Å²) in [6.07, 6.45) is 0.811. The summed E-state index contributed by atoms with van der Waals surface area (Å²) in [6.45, 7) is 1.63. The number of hydrogen-bond acceptors (Lipinski definition) is 4. The third-order valence-electron chi connectivity index (χ3n) is 3.06. The van der Waals surface area contributed by atoms with Crippen LogP contribution in [-0.4, -0.2) is 25.3 Å². The molecule has 0 radical (unpaired) electrons. The average molecular weight is 412 g/mol. The highest BCUT2D eigenvalue weighted by molar-refractivity contribution is 9.10. The second kappa shape index (κ2) is 8.70. The summed E-state index contributed by atoms with van der Waals surface area (Å²) in [5, 5.41) is 4.48. The number of hydrogen-bond donors (Lipinski definition) is 1. The molecule has 0 saturated heterocycles. The maximum absolute atomic E-state index is 12.0. The smallest absolute Gasteiger partial charge is 0.280 e. The Morgan fingerprint density at radius 2 is 2.08 bits per heavy atom. The van der Waals surface area contributed by atoms with Crippen LogP contribution in [-0.2, 0) is 4.79 Å². The van der Waals surface area contributed by atoms with E-state index in [1.165, 1.54) is 6.21 Å². The van der Waals surface area contributed by atoms with Gasteiger partial charge in [0.15, 0.2) is 6.10 Å². The van der Waals surface area contributed by atoms with Crippen molar-refractivity contribution in [2.45, 2.75) is 13.0 Å². The van der Waals surface area contributed by atoms with Gasteiger partial charge in [-0.25, -0.2) is 5.43 Å². The molecule has 1 N–H and O–H groups in total. The van der Waals surface area contributed by atoms with Crippen LogP contribution < -0.4 is 14.9 Å². The van der Waals surface area contributed by atoms with Crippen LogP contribution in [0, 0.1) is 0 Å². The molecular formula is C17H16BrClN2O3. The number of benzene rings is 2. The van der Waals surface area contributed by atoms with E-state index in [-0.39, 0.29) is 5.91 Å². The number of halogens is 2. The number of ether oxygens (including phenoxy) is 2. The van der Waals surface area contributed by atoms with Crippen molar-refractivity contribution in [1.29, 1.82) is 0 Å². The molecule has 0 unspecified atom stereocenters. The van der Waals surface area contributed by atoms with E-state index in [2.05, 4.69) is 26.5 Å². The molecule has 0 saturated carbocycles. The van der Waals surface area contributed by atoms with Gasteiger partial charge in [0.05, 0.1) is 13.3 Å². The number of carbonyl (C=O) groups is 1. The summed E-state index contributed by atoms with van der Waals surface area (Å²) < 4.78 is 11.5. The van der Waals surface area contributed by atoms with Gasteiger partial charge >= 0.3 is 0 Å². The van der Waals surface area contributed by atoms with Crippen LogP contribution >= 0.6 is 27.5 Å². The monoisotopic (exact) mass is 410 g/mol. The standard InChI is InChI=1S/C17H16BrClN2O3/c1-11(24-15-5-3-4-13(19)9-15)17(22)21-20-10-12-8-14(23-2)6-7-16(12)18/h3-11H,1-2H3,(H,21,22)/b20-10-/t11-/m0/s1. The zero-order chi connectivity index (χ0) is 17.5. The van der Waals surface area contributed by atoms with E-state index < -0.39 is 6.10 Å². The zero-order valence-corrected chi connectivity index (χ0v) is 15.5. The second-order valence-corrected chi connectivity index (χ2v) is 6.13. The van der Waals surface area contributed by atoms with Crippen LogP contribution in [0.1, 0.15) is 12.5 Å². The molecule has 0 aliphatic carbocycles. The third kappa shape index (κ3) is 5.25. The third-order valence-corrected chi connectivity index (χ3v) is 4.02. The number of nitrogens with one attached hydrogen (secondary N) is 1. The van der Waals surface area contributed by atoms with Crippen molar-refractivity contribution in [3.8, 4) is 11.5 Å². The Bertz CT molecular complexity index is 752. The van der Waals surface area contributed by atoms with E-state index >= 15 is 0 Å². The van der Waals surface area contributed by atoms with Crippen LogP contribution in [0.2, 0.25) is 5.02 Å². The number of nitrogens with zero attached hydrogens (tertiary/aromatic N) is 1. The number of rotatable bonds is 6. The van der Waals surface area contributed by atoms with Crippen LogP contribution in [0.3, 0.4) is 0 Å². The van der Waals surface area contributed by atoms with Gasteiger partial charge in [-0.1, -0.05) is 33.6 Å². The molecule has 0 bridgehead atoms. The van der Waals surface area contributed by atoms with E-state index in [0.29, 0.717) is 16.5 Å². The molecule has 2 aromatic carbocycles. The Morgan fingerprint density at radius 1 is 1.29 bits per heavy atom. The van der Waals surface area contributed by atoms with E-state index in [4.69, 9.17) is 21.1 Å². The predicted octanol–water partition coefficient (Wildman–Crippen LogP) is 4.03. The summed E-state index contributed by atoms with van der Waals surface area (Å²) in [6, 6.07) is 12.3. The quantitative estimate of drug-likeness (QED) is 0.577. The van der Waals surface area contributed by atoms with Crippen molar-refractivity contribution in [3.05, 3.63) is 57.5 Å². The number of carbonyl (C=O) groups excluding carboxylic acids is 1. The summed E-state index contributed by atoms with van der Waals surface area (Å²) in [5.41, 5.74) is 3.22. The fourth-order valence-electron chi connectivity index (χ4n) is 1.80. The molecule has 24 heavy (non-hydrogen) atoms. The Kier molecular flexibility index (Phi) is 6.63. The molecule has 126 valence electrons. The molecule has 2 rings (SSSR count). The van der Waals surface area contributed by atoms with Crippen LogP contribution in [0.25, 0.3) is 0 Å². The first kappa shape index (κ1) is 18.3. The summed E-state index contributed by atoms with van der Waals surface area (Å²) in [7, 11) is 1.58. The van der Waals surface area contributed by atoms with Gasteiger partial charge in [-0.05, 0) is 43.3 Å². The Labute approximate surface area is 153 Å². The number of methoxy groups -OCH3 is 1. The summed E-state index contributed by atoms with van der Waals surface area (Å²) in [4.78, 5) is 12.0. The molecule has 2 aromatic rings. The van der Waals surface area contributed by atoms with Gasteiger partial charge in [0, 0.05) is 15.1 Å². The molecule has 0 aromatic heterocycles. The number of hydrazone groups is 1. The molecule has 1 atom stereocenters. The van der Waals surface area contributed by atoms with Crippen molar-refractivity contribution >= 4 is 39.7 Å². The zero-order valence-electron chi connectivity index (χ0n) is 13.1. The van der Waals surface area contributed by atoms with Gasteiger partial charge in [0.25, 0.3) is 5.91 Å². The van der Waals surface area contributed by atoms with E-state index in [1.807, 2.05) is 12.1 Å². The van der Waals surface area contributed by atoms with Gasteiger partial charge < -0.3 is 9.47 Å². The SMILES string of the molecule is COc1ccc(Br)c(/C=N\NC(=O)[C@H](C)Oc2cccc(Cl)c2)c1. The van der Waals surface area contributed by atoms with Crippen molar-refractivity contribution in [1.82, 2.24) is 5.43 Å². The highest BCUT2D eigenvalue weighted by atomic mass is 79.9. The van der Waals surface area contributed by atoms with Crippen LogP contribution in [0.5, 0.6) is 11.5 Å². The fourth-order valence-corrected chi connectivity index (χ4v) is 2.33. The minimum Gasteiger partial charge on any atom is -0.497 e. The minimum absolute atomic E-state index is 0.370. The van der Waals surface area contributed by atoms with Gasteiger partial charge in [-0.2, -0.15) is 5.10 Å². The molecule has 0 aliphatic heterocycles. The fraction of sp³-hybridized carbons (Fsp3) is 0.176.